The molecule has 1 aromatic carbocycles. The van der Waals surface area contributed by atoms with Crippen LogP contribution in [0.1, 0.15) is 12.5 Å². The Morgan fingerprint density at radius 1 is 1.35 bits per heavy atom. The van der Waals surface area contributed by atoms with Crippen molar-refractivity contribution < 1.29 is 9.53 Å². The fraction of sp³-hybridized carbons (Fsp3) is 0.462. The Kier molecular flexibility index (Phi) is 5.49. The first-order valence-electron chi connectivity index (χ1n) is 5.75. The zero-order chi connectivity index (χ0) is 12.7. The van der Waals surface area contributed by atoms with Crippen molar-refractivity contribution in [2.24, 2.45) is 0 Å². The molecule has 4 nitrogen and oxygen atoms in total. The van der Waals surface area contributed by atoms with Crippen LogP contribution in [-0.4, -0.2) is 32.1 Å². The van der Waals surface area contributed by atoms with E-state index in [1.807, 2.05) is 38.1 Å². The fourth-order valence-electron chi connectivity index (χ4n) is 1.38. The van der Waals surface area contributed by atoms with Gasteiger partial charge in [-0.2, -0.15) is 0 Å². The van der Waals surface area contributed by atoms with Crippen molar-refractivity contribution in [1.29, 1.82) is 0 Å². The molecule has 0 saturated heterocycles. The van der Waals surface area contributed by atoms with Gasteiger partial charge in [0.2, 0.25) is 5.91 Å². The summed E-state index contributed by atoms with van der Waals surface area (Å²) in [4.78, 5) is 11.3. The van der Waals surface area contributed by atoms with E-state index in [9.17, 15) is 4.79 Å². The first-order valence-corrected chi connectivity index (χ1v) is 5.75. The van der Waals surface area contributed by atoms with E-state index in [1.54, 1.807) is 7.05 Å². The van der Waals surface area contributed by atoms with Gasteiger partial charge in [-0.1, -0.05) is 17.7 Å². The average molecular weight is 236 g/mol. The van der Waals surface area contributed by atoms with E-state index in [-0.39, 0.29) is 11.9 Å². The first-order chi connectivity index (χ1) is 8.11. The van der Waals surface area contributed by atoms with E-state index < -0.39 is 0 Å². The summed E-state index contributed by atoms with van der Waals surface area (Å²) in [5, 5.41) is 5.64. The van der Waals surface area contributed by atoms with Crippen molar-refractivity contribution >= 4 is 5.91 Å². The molecule has 1 amide bonds. The Labute approximate surface area is 102 Å². The fourth-order valence-corrected chi connectivity index (χ4v) is 1.38. The summed E-state index contributed by atoms with van der Waals surface area (Å²) in [5.74, 6) is 0.804. The first kappa shape index (κ1) is 13.5. The molecule has 1 unspecified atom stereocenters. The minimum absolute atomic E-state index is 0.00264. The van der Waals surface area contributed by atoms with Crippen molar-refractivity contribution in [1.82, 2.24) is 10.6 Å². The van der Waals surface area contributed by atoms with E-state index >= 15 is 0 Å². The van der Waals surface area contributed by atoms with Crippen LogP contribution in [-0.2, 0) is 4.79 Å². The lowest BCUT2D eigenvalue weighted by molar-refractivity contribution is -0.120. The maximum absolute atomic E-state index is 11.3. The number of aryl methyl sites for hydroxylation is 1. The Morgan fingerprint density at radius 2 is 2.00 bits per heavy atom. The number of carbonyl (C=O) groups is 1. The van der Waals surface area contributed by atoms with E-state index in [0.717, 1.165) is 5.75 Å². The number of rotatable bonds is 6. The SMILES string of the molecule is CNCC(=O)NC(C)COc1ccc(C)cc1. The molecule has 1 atom stereocenters. The highest BCUT2D eigenvalue weighted by Crippen LogP contribution is 2.11. The van der Waals surface area contributed by atoms with Crippen molar-refractivity contribution in [3.05, 3.63) is 29.8 Å². The number of likely N-dealkylation sites (N-methyl/N-ethyl adjacent to an activating group) is 1. The van der Waals surface area contributed by atoms with Crippen LogP contribution in [0.5, 0.6) is 5.75 Å². The lowest BCUT2D eigenvalue weighted by atomic mass is 10.2. The molecule has 0 saturated carbocycles. The highest BCUT2D eigenvalue weighted by molar-refractivity contribution is 5.78. The molecule has 0 aliphatic rings. The molecule has 1 rings (SSSR count). The van der Waals surface area contributed by atoms with Gasteiger partial charge in [0.25, 0.3) is 0 Å². The van der Waals surface area contributed by atoms with Crippen LogP contribution in [0.2, 0.25) is 0 Å². The number of amides is 1. The standard InChI is InChI=1S/C13H20N2O2/c1-10-4-6-12(7-5-10)17-9-11(2)15-13(16)8-14-3/h4-7,11,14H,8-9H2,1-3H3,(H,15,16). The van der Waals surface area contributed by atoms with E-state index in [1.165, 1.54) is 5.56 Å². The van der Waals surface area contributed by atoms with Crippen molar-refractivity contribution in [3.63, 3.8) is 0 Å². The second-order valence-corrected chi connectivity index (χ2v) is 4.12. The molecule has 0 spiro atoms. The predicted octanol–water partition coefficient (Wildman–Crippen LogP) is 1.10. The molecule has 0 aliphatic heterocycles. The minimum Gasteiger partial charge on any atom is -0.491 e. The second kappa shape index (κ2) is 6.91. The van der Waals surface area contributed by atoms with Gasteiger partial charge in [-0.15, -0.1) is 0 Å². The molecule has 0 fully saturated rings. The maximum Gasteiger partial charge on any atom is 0.234 e. The number of ether oxygens (including phenoxy) is 1. The lowest BCUT2D eigenvalue weighted by Crippen LogP contribution is -2.40. The monoisotopic (exact) mass is 236 g/mol. The largest absolute Gasteiger partial charge is 0.491 e. The second-order valence-electron chi connectivity index (χ2n) is 4.12. The molecule has 0 aliphatic carbocycles. The zero-order valence-corrected chi connectivity index (χ0v) is 10.6. The van der Waals surface area contributed by atoms with E-state index in [4.69, 9.17) is 4.74 Å². The van der Waals surface area contributed by atoms with E-state index in [2.05, 4.69) is 10.6 Å². The number of carbonyl (C=O) groups excluding carboxylic acids is 1. The van der Waals surface area contributed by atoms with Gasteiger partial charge in [0.15, 0.2) is 0 Å². The van der Waals surface area contributed by atoms with Crippen LogP contribution in [0.25, 0.3) is 0 Å². The van der Waals surface area contributed by atoms with Crippen LogP contribution in [0.15, 0.2) is 24.3 Å². The Hall–Kier alpha value is -1.55. The highest BCUT2D eigenvalue weighted by atomic mass is 16.5. The van der Waals surface area contributed by atoms with Gasteiger partial charge in [-0.3, -0.25) is 4.79 Å². The van der Waals surface area contributed by atoms with Gasteiger partial charge in [-0.25, -0.2) is 0 Å². The summed E-state index contributed by atoms with van der Waals surface area (Å²) in [6.45, 7) is 4.75. The van der Waals surface area contributed by atoms with Crippen LogP contribution >= 0.6 is 0 Å². The van der Waals surface area contributed by atoms with Crippen LogP contribution in [0.3, 0.4) is 0 Å². The molecule has 17 heavy (non-hydrogen) atoms. The number of nitrogens with one attached hydrogen (secondary N) is 2. The normalized spacial score (nSPS) is 11.9. The van der Waals surface area contributed by atoms with Gasteiger partial charge in [0.1, 0.15) is 12.4 Å². The third kappa shape index (κ3) is 5.36. The van der Waals surface area contributed by atoms with Crippen LogP contribution in [0, 0.1) is 6.92 Å². The molecule has 2 N–H and O–H groups in total. The smallest absolute Gasteiger partial charge is 0.234 e. The Bertz CT molecular complexity index is 349. The summed E-state index contributed by atoms with van der Waals surface area (Å²) in [6, 6.07) is 7.85. The highest BCUT2D eigenvalue weighted by Gasteiger charge is 2.06. The number of hydrogen-bond donors (Lipinski definition) is 2. The summed E-state index contributed by atoms with van der Waals surface area (Å²) in [5.41, 5.74) is 1.20. The molecule has 0 radical (unpaired) electrons. The van der Waals surface area contributed by atoms with Crippen LogP contribution in [0.4, 0.5) is 0 Å². The molecule has 94 valence electrons. The quantitative estimate of drug-likeness (QED) is 0.777. The number of hydrogen-bond acceptors (Lipinski definition) is 3. The third-order valence-electron chi connectivity index (χ3n) is 2.27. The van der Waals surface area contributed by atoms with Gasteiger partial charge >= 0.3 is 0 Å². The zero-order valence-electron chi connectivity index (χ0n) is 10.6. The Morgan fingerprint density at radius 3 is 2.59 bits per heavy atom. The van der Waals surface area contributed by atoms with Gasteiger partial charge in [0, 0.05) is 0 Å². The molecule has 4 heteroatoms. The third-order valence-corrected chi connectivity index (χ3v) is 2.27. The summed E-state index contributed by atoms with van der Waals surface area (Å²) < 4.78 is 5.57. The van der Waals surface area contributed by atoms with Crippen LogP contribution < -0.4 is 15.4 Å². The van der Waals surface area contributed by atoms with Crippen molar-refractivity contribution in [2.75, 3.05) is 20.2 Å². The minimum atomic E-state index is -0.0208. The molecule has 0 heterocycles. The lowest BCUT2D eigenvalue weighted by Gasteiger charge is -2.15. The molecule has 0 bridgehead atoms. The molecule has 1 aromatic rings. The van der Waals surface area contributed by atoms with Crippen molar-refractivity contribution in [3.8, 4) is 5.75 Å². The predicted molar refractivity (Wildman–Crippen MR) is 68.2 cm³/mol. The number of benzene rings is 1. The van der Waals surface area contributed by atoms with Gasteiger partial charge < -0.3 is 15.4 Å². The summed E-state index contributed by atoms with van der Waals surface area (Å²) in [7, 11) is 1.74. The maximum atomic E-state index is 11.3. The molecular weight excluding hydrogens is 216 g/mol. The Balaban J connectivity index is 2.30. The summed E-state index contributed by atoms with van der Waals surface area (Å²) in [6.07, 6.45) is 0. The van der Waals surface area contributed by atoms with Gasteiger partial charge in [0.05, 0.1) is 12.6 Å². The topological polar surface area (TPSA) is 50.4 Å². The van der Waals surface area contributed by atoms with Crippen molar-refractivity contribution in [2.45, 2.75) is 19.9 Å². The van der Waals surface area contributed by atoms with Gasteiger partial charge in [-0.05, 0) is 33.0 Å². The average Bonchev–Trinajstić information content (AvgIpc) is 2.28. The summed E-state index contributed by atoms with van der Waals surface area (Å²) >= 11 is 0. The molecule has 0 aromatic heterocycles. The molecular formula is C13H20N2O2. The van der Waals surface area contributed by atoms with E-state index in [0.29, 0.717) is 13.2 Å².